The molecule has 1 rings (SSSR count). The summed E-state index contributed by atoms with van der Waals surface area (Å²) in [5.41, 5.74) is -0.485. The minimum Gasteiger partial charge on any atom is -0.444 e. The molecule has 0 bridgehead atoms. The molecule has 8 nitrogen and oxygen atoms in total. The normalized spacial score (nSPS) is 18.6. The van der Waals surface area contributed by atoms with Crippen LogP contribution in [0.5, 0.6) is 0 Å². The first-order chi connectivity index (χ1) is 12.6. The summed E-state index contributed by atoms with van der Waals surface area (Å²) in [6, 6.07) is 0.0647. The molecule has 1 unspecified atom stereocenters. The van der Waals surface area contributed by atoms with E-state index < -0.39 is 5.60 Å². The third-order valence-electron chi connectivity index (χ3n) is 4.21. The van der Waals surface area contributed by atoms with Crippen molar-refractivity contribution in [2.45, 2.75) is 58.3 Å². The number of amides is 1. The fourth-order valence-electron chi connectivity index (χ4n) is 2.96. The van der Waals surface area contributed by atoms with E-state index in [1.807, 2.05) is 27.7 Å². The molecule has 0 aromatic rings. The van der Waals surface area contributed by atoms with Crippen LogP contribution in [0, 0.1) is 0 Å². The minimum atomic E-state index is -0.485. The summed E-state index contributed by atoms with van der Waals surface area (Å²) < 4.78 is 11.2. The Bertz CT molecular complexity index is 483. The lowest BCUT2D eigenvalue weighted by Gasteiger charge is -2.25. The summed E-state index contributed by atoms with van der Waals surface area (Å²) >= 11 is 0. The van der Waals surface area contributed by atoms with Crippen molar-refractivity contribution < 1.29 is 14.3 Å². The zero-order valence-electron chi connectivity index (χ0n) is 18.6. The largest absolute Gasteiger partial charge is 0.444 e. The summed E-state index contributed by atoms with van der Waals surface area (Å²) in [5, 5.41) is 6.37. The van der Waals surface area contributed by atoms with E-state index in [-0.39, 0.29) is 42.2 Å². The van der Waals surface area contributed by atoms with E-state index in [0.717, 1.165) is 45.0 Å². The van der Waals surface area contributed by atoms with Gasteiger partial charge in [0, 0.05) is 39.8 Å². The van der Waals surface area contributed by atoms with Crippen molar-refractivity contribution in [3.63, 3.8) is 0 Å². The van der Waals surface area contributed by atoms with E-state index in [1.54, 1.807) is 7.05 Å². The highest BCUT2D eigenvalue weighted by atomic mass is 127. The number of halogens is 1. The predicted octanol–water partition coefficient (Wildman–Crippen LogP) is 2.14. The van der Waals surface area contributed by atoms with Crippen molar-refractivity contribution in [1.82, 2.24) is 20.4 Å². The Labute approximate surface area is 187 Å². The van der Waals surface area contributed by atoms with Gasteiger partial charge in [-0.15, -0.1) is 24.0 Å². The van der Waals surface area contributed by atoms with Crippen molar-refractivity contribution in [3.8, 4) is 0 Å². The molecule has 1 saturated heterocycles. The average Bonchev–Trinajstić information content (AvgIpc) is 2.99. The highest BCUT2D eigenvalue weighted by Crippen LogP contribution is 2.12. The van der Waals surface area contributed by atoms with Crippen LogP contribution in [0.3, 0.4) is 0 Å². The van der Waals surface area contributed by atoms with Crippen LogP contribution in [-0.4, -0.2) is 93.5 Å². The molecule has 1 amide bonds. The second kappa shape index (κ2) is 13.4. The Hall–Kier alpha value is -0.810. The number of alkyl carbamates (subject to hydrolysis) is 1. The van der Waals surface area contributed by atoms with E-state index in [9.17, 15) is 4.79 Å². The quantitative estimate of drug-likeness (QED) is 0.294. The fourth-order valence-corrected chi connectivity index (χ4v) is 2.96. The molecule has 1 heterocycles. The number of rotatable bonds is 8. The summed E-state index contributed by atoms with van der Waals surface area (Å²) in [4.78, 5) is 20.7. The lowest BCUT2D eigenvalue weighted by Crippen LogP contribution is -2.46. The molecule has 2 N–H and O–H groups in total. The van der Waals surface area contributed by atoms with Gasteiger partial charge in [-0.3, -0.25) is 4.99 Å². The maximum atomic E-state index is 12.0. The van der Waals surface area contributed by atoms with Crippen molar-refractivity contribution in [3.05, 3.63) is 0 Å². The van der Waals surface area contributed by atoms with Crippen LogP contribution < -0.4 is 10.6 Å². The molecule has 0 radical (unpaired) electrons. The first-order valence-electron chi connectivity index (χ1n) is 9.86. The van der Waals surface area contributed by atoms with Gasteiger partial charge in [0.1, 0.15) is 5.60 Å². The molecule has 9 heteroatoms. The molecular weight excluding hydrogens is 473 g/mol. The van der Waals surface area contributed by atoms with Crippen LogP contribution in [0.1, 0.15) is 40.5 Å². The van der Waals surface area contributed by atoms with Crippen molar-refractivity contribution >= 4 is 36.0 Å². The highest BCUT2D eigenvalue weighted by molar-refractivity contribution is 14.0. The SMILES string of the molecule is CCOC(CCN(C)C)CNC(=NC)N1CC[C@@H](NC(=O)OC(C)(C)C)C1.I. The number of hydrogen-bond donors (Lipinski definition) is 2. The Kier molecular flexibility index (Phi) is 13.0. The van der Waals surface area contributed by atoms with Gasteiger partial charge in [-0.05, 0) is 54.6 Å². The first-order valence-corrected chi connectivity index (χ1v) is 9.86. The molecule has 0 aromatic heterocycles. The zero-order valence-corrected chi connectivity index (χ0v) is 20.9. The van der Waals surface area contributed by atoms with Gasteiger partial charge < -0.3 is 29.9 Å². The number of carbonyl (C=O) groups excluding carboxylic acids is 1. The van der Waals surface area contributed by atoms with Crippen LogP contribution >= 0.6 is 24.0 Å². The molecule has 0 aromatic carbocycles. The molecular formula is C19H40IN5O3. The monoisotopic (exact) mass is 513 g/mol. The maximum absolute atomic E-state index is 12.0. The topological polar surface area (TPSA) is 78.4 Å². The van der Waals surface area contributed by atoms with Gasteiger partial charge in [-0.25, -0.2) is 4.79 Å². The van der Waals surface area contributed by atoms with E-state index >= 15 is 0 Å². The predicted molar refractivity (Wildman–Crippen MR) is 125 cm³/mol. The number of aliphatic imine (C=N–C) groups is 1. The molecule has 166 valence electrons. The lowest BCUT2D eigenvalue weighted by molar-refractivity contribution is 0.0507. The van der Waals surface area contributed by atoms with Gasteiger partial charge in [0.15, 0.2) is 5.96 Å². The van der Waals surface area contributed by atoms with Gasteiger partial charge >= 0.3 is 6.09 Å². The van der Waals surface area contributed by atoms with Crippen LogP contribution in [-0.2, 0) is 9.47 Å². The first kappa shape index (κ1) is 27.2. The van der Waals surface area contributed by atoms with E-state index in [4.69, 9.17) is 9.47 Å². The number of nitrogens with zero attached hydrogens (tertiary/aromatic N) is 3. The van der Waals surface area contributed by atoms with Crippen LogP contribution in [0.2, 0.25) is 0 Å². The van der Waals surface area contributed by atoms with Crippen LogP contribution in [0.15, 0.2) is 4.99 Å². The number of carbonyl (C=O) groups is 1. The van der Waals surface area contributed by atoms with Crippen molar-refractivity contribution in [1.29, 1.82) is 0 Å². The average molecular weight is 513 g/mol. The van der Waals surface area contributed by atoms with Gasteiger partial charge in [-0.1, -0.05) is 0 Å². The third-order valence-corrected chi connectivity index (χ3v) is 4.21. The molecule has 1 fully saturated rings. The summed E-state index contributed by atoms with van der Waals surface area (Å²) in [7, 11) is 5.92. The number of likely N-dealkylation sites (tertiary alicyclic amines) is 1. The molecule has 1 aliphatic heterocycles. The van der Waals surface area contributed by atoms with Gasteiger partial charge in [0.05, 0.1) is 12.1 Å². The molecule has 0 aliphatic carbocycles. The number of ether oxygens (including phenoxy) is 2. The molecule has 2 atom stereocenters. The second-order valence-electron chi connectivity index (χ2n) is 8.18. The Morgan fingerprint density at radius 1 is 1.36 bits per heavy atom. The van der Waals surface area contributed by atoms with E-state index in [2.05, 4.69) is 39.5 Å². The Morgan fingerprint density at radius 2 is 2.04 bits per heavy atom. The number of nitrogens with one attached hydrogen (secondary N) is 2. The molecule has 0 saturated carbocycles. The Morgan fingerprint density at radius 3 is 2.57 bits per heavy atom. The van der Waals surface area contributed by atoms with Crippen molar-refractivity contribution in [2.24, 2.45) is 4.99 Å². The van der Waals surface area contributed by atoms with Crippen molar-refractivity contribution in [2.75, 3.05) is 53.9 Å². The van der Waals surface area contributed by atoms with E-state index in [0.29, 0.717) is 6.61 Å². The van der Waals surface area contributed by atoms with E-state index in [1.165, 1.54) is 0 Å². The molecule has 0 spiro atoms. The minimum absolute atomic E-state index is 0. The zero-order chi connectivity index (χ0) is 20.4. The summed E-state index contributed by atoms with van der Waals surface area (Å²) in [6.45, 7) is 11.6. The fraction of sp³-hybridized carbons (Fsp3) is 0.895. The van der Waals surface area contributed by atoms with Gasteiger partial charge in [-0.2, -0.15) is 0 Å². The van der Waals surface area contributed by atoms with Crippen LogP contribution in [0.25, 0.3) is 0 Å². The van der Waals surface area contributed by atoms with Gasteiger partial charge in [0.2, 0.25) is 0 Å². The number of hydrogen-bond acceptors (Lipinski definition) is 5. The second-order valence-corrected chi connectivity index (χ2v) is 8.18. The lowest BCUT2D eigenvalue weighted by atomic mass is 10.2. The summed E-state index contributed by atoms with van der Waals surface area (Å²) in [5.74, 6) is 0.845. The number of guanidine groups is 1. The standard InChI is InChI=1S/C19H39N5O3.HI/c1-8-26-16(10-11-23(6)7)13-21-17(20-5)24-12-9-15(14-24)22-18(25)27-19(2,3)4;/h15-16H,8-14H2,1-7H3,(H,20,21)(H,22,25);1H/t15-,16?;/m1./s1. The third kappa shape index (κ3) is 11.3. The Balaban J connectivity index is 0.00000729. The maximum Gasteiger partial charge on any atom is 0.407 e. The molecule has 28 heavy (non-hydrogen) atoms. The van der Waals surface area contributed by atoms with Crippen LogP contribution in [0.4, 0.5) is 4.79 Å². The smallest absolute Gasteiger partial charge is 0.407 e. The van der Waals surface area contributed by atoms with Gasteiger partial charge in [0.25, 0.3) is 0 Å². The summed E-state index contributed by atoms with van der Waals surface area (Å²) in [6.07, 6.45) is 1.62. The highest BCUT2D eigenvalue weighted by Gasteiger charge is 2.28. The molecule has 1 aliphatic rings.